The van der Waals surface area contributed by atoms with Gasteiger partial charge in [-0.3, -0.25) is 14.5 Å². The SMILES string of the molecule is Cc1nc(C(F)(F)F)ccc1C(=O)N1CCN(CC(=O)NC2CC2)CC1. The third-order valence-electron chi connectivity index (χ3n) is 4.58. The molecule has 0 atom stereocenters. The van der Waals surface area contributed by atoms with Gasteiger partial charge in [0, 0.05) is 32.2 Å². The number of hydrogen-bond acceptors (Lipinski definition) is 4. The first-order valence-corrected chi connectivity index (χ1v) is 8.60. The monoisotopic (exact) mass is 370 g/mol. The summed E-state index contributed by atoms with van der Waals surface area (Å²) in [5, 5.41) is 2.92. The quantitative estimate of drug-likeness (QED) is 0.871. The number of amides is 2. The average Bonchev–Trinajstić information content (AvgIpc) is 3.38. The van der Waals surface area contributed by atoms with Crippen molar-refractivity contribution in [2.45, 2.75) is 32.0 Å². The fraction of sp³-hybridized carbons (Fsp3) is 0.588. The van der Waals surface area contributed by atoms with Crippen molar-refractivity contribution in [2.75, 3.05) is 32.7 Å². The number of piperazine rings is 1. The molecule has 0 unspecified atom stereocenters. The summed E-state index contributed by atoms with van der Waals surface area (Å²) in [5.41, 5.74) is -0.757. The van der Waals surface area contributed by atoms with Gasteiger partial charge in [0.1, 0.15) is 5.69 Å². The van der Waals surface area contributed by atoms with Crippen molar-refractivity contribution in [3.63, 3.8) is 0 Å². The fourth-order valence-electron chi connectivity index (χ4n) is 2.93. The zero-order valence-corrected chi connectivity index (χ0v) is 14.5. The van der Waals surface area contributed by atoms with Gasteiger partial charge in [0.05, 0.1) is 17.8 Å². The van der Waals surface area contributed by atoms with Crippen LogP contribution >= 0.6 is 0 Å². The molecule has 0 bridgehead atoms. The Hall–Kier alpha value is -2.16. The van der Waals surface area contributed by atoms with Crippen LogP contribution in [0.3, 0.4) is 0 Å². The topological polar surface area (TPSA) is 65.5 Å². The van der Waals surface area contributed by atoms with Crippen molar-refractivity contribution in [1.82, 2.24) is 20.1 Å². The molecule has 1 aromatic rings. The van der Waals surface area contributed by atoms with E-state index in [1.807, 2.05) is 4.90 Å². The Bertz CT molecular complexity index is 696. The maximum Gasteiger partial charge on any atom is 0.433 e. The zero-order chi connectivity index (χ0) is 18.9. The number of hydrogen-bond donors (Lipinski definition) is 1. The van der Waals surface area contributed by atoms with E-state index >= 15 is 0 Å². The first kappa shape index (κ1) is 18.6. The fourth-order valence-corrected chi connectivity index (χ4v) is 2.93. The van der Waals surface area contributed by atoms with Gasteiger partial charge in [0.25, 0.3) is 5.91 Å². The first-order valence-electron chi connectivity index (χ1n) is 8.60. The Kier molecular flexibility index (Phi) is 5.17. The number of carbonyl (C=O) groups is 2. The van der Waals surface area contributed by atoms with Gasteiger partial charge in [-0.2, -0.15) is 13.2 Å². The summed E-state index contributed by atoms with van der Waals surface area (Å²) in [6.07, 6.45) is -2.46. The van der Waals surface area contributed by atoms with E-state index < -0.39 is 11.9 Å². The van der Waals surface area contributed by atoms with Crippen LogP contribution in [0.1, 0.15) is 34.6 Å². The highest BCUT2D eigenvalue weighted by Crippen LogP contribution is 2.28. The molecule has 1 saturated heterocycles. The molecule has 0 radical (unpaired) electrons. The Balaban J connectivity index is 1.55. The molecule has 26 heavy (non-hydrogen) atoms. The summed E-state index contributed by atoms with van der Waals surface area (Å²) in [7, 11) is 0. The Morgan fingerprint density at radius 3 is 2.38 bits per heavy atom. The normalized spacial score (nSPS) is 18.7. The van der Waals surface area contributed by atoms with E-state index in [1.54, 1.807) is 4.90 Å². The van der Waals surface area contributed by atoms with Crippen molar-refractivity contribution in [3.05, 3.63) is 29.1 Å². The van der Waals surface area contributed by atoms with Gasteiger partial charge >= 0.3 is 6.18 Å². The van der Waals surface area contributed by atoms with Crippen molar-refractivity contribution in [1.29, 1.82) is 0 Å². The molecule has 0 aromatic carbocycles. The van der Waals surface area contributed by atoms with E-state index in [9.17, 15) is 22.8 Å². The standard InChI is InChI=1S/C17H21F3N4O2/c1-11-13(4-5-14(21-11)17(18,19)20)16(26)24-8-6-23(7-9-24)10-15(25)22-12-2-3-12/h4-5,12H,2-3,6-10H2,1H3,(H,22,25). The Morgan fingerprint density at radius 2 is 1.85 bits per heavy atom. The summed E-state index contributed by atoms with van der Waals surface area (Å²) in [5.74, 6) is -0.333. The highest BCUT2D eigenvalue weighted by molar-refractivity contribution is 5.95. The number of aromatic nitrogens is 1. The zero-order valence-electron chi connectivity index (χ0n) is 14.5. The van der Waals surface area contributed by atoms with Crippen LogP contribution in [0.5, 0.6) is 0 Å². The van der Waals surface area contributed by atoms with Gasteiger partial charge in [0.15, 0.2) is 0 Å². The van der Waals surface area contributed by atoms with E-state index in [2.05, 4.69) is 10.3 Å². The average molecular weight is 370 g/mol. The number of nitrogens with zero attached hydrogens (tertiary/aromatic N) is 3. The molecule has 2 heterocycles. The van der Waals surface area contributed by atoms with E-state index in [1.165, 1.54) is 13.0 Å². The molecule has 1 aliphatic heterocycles. The van der Waals surface area contributed by atoms with E-state index in [0.29, 0.717) is 38.8 Å². The second-order valence-electron chi connectivity index (χ2n) is 6.74. The van der Waals surface area contributed by atoms with Gasteiger partial charge in [-0.15, -0.1) is 0 Å². The highest BCUT2D eigenvalue weighted by Gasteiger charge is 2.33. The largest absolute Gasteiger partial charge is 0.433 e. The van der Waals surface area contributed by atoms with Gasteiger partial charge in [-0.05, 0) is 31.9 Å². The van der Waals surface area contributed by atoms with Gasteiger partial charge in [0.2, 0.25) is 5.91 Å². The van der Waals surface area contributed by atoms with Crippen LogP contribution in [0.15, 0.2) is 12.1 Å². The number of halogens is 3. The predicted molar refractivity (Wildman–Crippen MR) is 87.5 cm³/mol. The molecular weight excluding hydrogens is 349 g/mol. The van der Waals surface area contributed by atoms with Crippen molar-refractivity contribution >= 4 is 11.8 Å². The highest BCUT2D eigenvalue weighted by atomic mass is 19.4. The molecule has 1 saturated carbocycles. The maximum atomic E-state index is 12.7. The predicted octanol–water partition coefficient (Wildman–Crippen LogP) is 1.45. The summed E-state index contributed by atoms with van der Waals surface area (Å²) >= 11 is 0. The Labute approximate surface area is 149 Å². The molecule has 9 heteroatoms. The molecule has 1 aliphatic carbocycles. The van der Waals surface area contributed by atoms with Crippen LogP contribution in [0, 0.1) is 6.92 Å². The molecular formula is C17H21F3N4O2. The van der Waals surface area contributed by atoms with Gasteiger partial charge in [-0.25, -0.2) is 4.98 Å². The number of aryl methyl sites for hydroxylation is 1. The minimum Gasteiger partial charge on any atom is -0.352 e. The van der Waals surface area contributed by atoms with E-state index in [4.69, 9.17) is 0 Å². The van der Waals surface area contributed by atoms with Crippen LogP contribution in [0.25, 0.3) is 0 Å². The summed E-state index contributed by atoms with van der Waals surface area (Å²) < 4.78 is 38.1. The molecule has 2 fully saturated rings. The molecule has 1 aromatic heterocycles. The number of carbonyl (C=O) groups excluding carboxylic acids is 2. The molecule has 142 valence electrons. The van der Waals surface area contributed by atoms with Crippen molar-refractivity contribution < 1.29 is 22.8 Å². The van der Waals surface area contributed by atoms with Crippen LogP contribution < -0.4 is 5.32 Å². The number of nitrogens with one attached hydrogen (secondary N) is 1. The minimum absolute atomic E-state index is 0.00457. The first-order chi connectivity index (χ1) is 12.2. The summed E-state index contributed by atoms with van der Waals surface area (Å²) in [6.45, 7) is 3.67. The lowest BCUT2D eigenvalue weighted by molar-refractivity contribution is -0.141. The third kappa shape index (κ3) is 4.51. The molecule has 6 nitrogen and oxygen atoms in total. The van der Waals surface area contributed by atoms with Crippen molar-refractivity contribution in [2.24, 2.45) is 0 Å². The summed E-state index contributed by atoms with van der Waals surface area (Å²) in [6, 6.07) is 2.34. The van der Waals surface area contributed by atoms with Crippen LogP contribution in [0.2, 0.25) is 0 Å². The van der Waals surface area contributed by atoms with Gasteiger partial charge < -0.3 is 10.2 Å². The molecule has 3 rings (SSSR count). The number of alkyl halides is 3. The van der Waals surface area contributed by atoms with Gasteiger partial charge in [-0.1, -0.05) is 0 Å². The number of rotatable bonds is 4. The molecule has 0 spiro atoms. The second kappa shape index (κ2) is 7.22. The number of pyridine rings is 1. The molecule has 2 aliphatic rings. The molecule has 1 N–H and O–H groups in total. The lowest BCUT2D eigenvalue weighted by Gasteiger charge is -2.34. The lowest BCUT2D eigenvalue weighted by atomic mass is 10.1. The second-order valence-corrected chi connectivity index (χ2v) is 6.74. The lowest BCUT2D eigenvalue weighted by Crippen LogP contribution is -2.51. The maximum absolute atomic E-state index is 12.7. The van der Waals surface area contributed by atoms with E-state index in [-0.39, 0.29) is 23.1 Å². The smallest absolute Gasteiger partial charge is 0.352 e. The van der Waals surface area contributed by atoms with Crippen LogP contribution in [0.4, 0.5) is 13.2 Å². The summed E-state index contributed by atoms with van der Waals surface area (Å²) in [4.78, 5) is 31.5. The Morgan fingerprint density at radius 1 is 1.19 bits per heavy atom. The third-order valence-corrected chi connectivity index (χ3v) is 4.58. The molecule has 2 amide bonds. The van der Waals surface area contributed by atoms with Crippen LogP contribution in [-0.2, 0) is 11.0 Å². The van der Waals surface area contributed by atoms with E-state index in [0.717, 1.165) is 18.9 Å². The minimum atomic E-state index is -4.53. The van der Waals surface area contributed by atoms with Crippen molar-refractivity contribution in [3.8, 4) is 0 Å². The van der Waals surface area contributed by atoms with Crippen LogP contribution in [-0.4, -0.2) is 65.4 Å².